The zero-order chi connectivity index (χ0) is 20.1. The van der Waals surface area contributed by atoms with Gasteiger partial charge in [-0.25, -0.2) is 9.97 Å². The molecule has 0 aliphatic heterocycles. The van der Waals surface area contributed by atoms with Gasteiger partial charge in [-0.3, -0.25) is 10.2 Å². The van der Waals surface area contributed by atoms with E-state index in [4.69, 9.17) is 11.1 Å². The highest BCUT2D eigenvalue weighted by Crippen LogP contribution is 2.26. The lowest BCUT2D eigenvalue weighted by Gasteiger charge is -2.15. The molecule has 0 aliphatic rings. The highest BCUT2D eigenvalue weighted by molar-refractivity contribution is 6.16. The van der Waals surface area contributed by atoms with Gasteiger partial charge in [-0.2, -0.15) is 0 Å². The summed E-state index contributed by atoms with van der Waals surface area (Å²) < 4.78 is 0. The number of hydrogen-bond acceptors (Lipinski definition) is 7. The number of carbonyl (C=O) groups is 1. The third kappa shape index (κ3) is 4.07. The first-order valence-corrected chi connectivity index (χ1v) is 8.54. The first kappa shape index (κ1) is 18.8. The first-order valence-electron chi connectivity index (χ1n) is 8.54. The summed E-state index contributed by atoms with van der Waals surface area (Å²) in [6, 6.07) is 14.7. The van der Waals surface area contributed by atoms with Crippen LogP contribution < -0.4 is 21.3 Å². The number of hydrogen-bond donors (Lipinski definition) is 4. The smallest absolute Gasteiger partial charge is 0.211 e. The molecule has 0 radical (unpaired) electrons. The van der Waals surface area contributed by atoms with Crippen LogP contribution in [0.3, 0.4) is 0 Å². The molecule has 0 unspecified atom stereocenters. The largest absolute Gasteiger partial charge is 0.383 e. The molecule has 1 amide bonds. The van der Waals surface area contributed by atoms with Gasteiger partial charge in [0, 0.05) is 36.7 Å². The van der Waals surface area contributed by atoms with Gasteiger partial charge in [0.2, 0.25) is 6.41 Å². The average molecular weight is 375 g/mol. The van der Waals surface area contributed by atoms with E-state index >= 15 is 0 Å². The van der Waals surface area contributed by atoms with E-state index in [0.717, 1.165) is 11.4 Å². The number of aromatic nitrogens is 2. The summed E-state index contributed by atoms with van der Waals surface area (Å²) in [4.78, 5) is 20.8. The van der Waals surface area contributed by atoms with Crippen LogP contribution in [0.5, 0.6) is 0 Å². The molecule has 1 heterocycles. The summed E-state index contributed by atoms with van der Waals surface area (Å²) >= 11 is 0. The van der Waals surface area contributed by atoms with E-state index in [1.165, 1.54) is 6.33 Å². The van der Waals surface area contributed by atoms with Crippen LogP contribution in [0.15, 0.2) is 54.9 Å². The molecule has 0 atom stereocenters. The van der Waals surface area contributed by atoms with Crippen molar-refractivity contribution in [3.8, 4) is 0 Å². The number of anilines is 5. The van der Waals surface area contributed by atoms with E-state index in [1.807, 2.05) is 43.3 Å². The molecule has 1 aromatic heterocycles. The van der Waals surface area contributed by atoms with Gasteiger partial charge in [-0.1, -0.05) is 12.1 Å². The minimum Gasteiger partial charge on any atom is -0.383 e. The highest BCUT2D eigenvalue weighted by Gasteiger charge is 2.16. The van der Waals surface area contributed by atoms with E-state index in [1.54, 1.807) is 24.3 Å². The minimum atomic E-state index is 0.221. The van der Waals surface area contributed by atoms with Crippen molar-refractivity contribution in [2.75, 3.05) is 35.4 Å². The molecule has 2 aromatic carbocycles. The normalized spacial score (nSPS) is 10.2. The molecular formula is C20H21N7O. The average Bonchev–Trinajstić information content (AvgIpc) is 2.69. The summed E-state index contributed by atoms with van der Waals surface area (Å²) in [6.07, 6.45) is 1.97. The third-order valence-corrected chi connectivity index (χ3v) is 4.17. The van der Waals surface area contributed by atoms with Crippen molar-refractivity contribution >= 4 is 40.8 Å². The SMILES string of the molecule is CN(C)c1ccc(C(=N)c2c(N)ncnc2Nc2ccc(NC=O)cc2)cc1. The van der Waals surface area contributed by atoms with Crippen LogP contribution in [0.1, 0.15) is 11.1 Å². The lowest BCUT2D eigenvalue weighted by atomic mass is 10.0. The van der Waals surface area contributed by atoms with Crippen molar-refractivity contribution in [2.45, 2.75) is 0 Å². The van der Waals surface area contributed by atoms with Crippen molar-refractivity contribution in [3.63, 3.8) is 0 Å². The van der Waals surface area contributed by atoms with Crippen molar-refractivity contribution < 1.29 is 4.79 Å². The Balaban J connectivity index is 1.91. The zero-order valence-corrected chi connectivity index (χ0v) is 15.6. The lowest BCUT2D eigenvalue weighted by molar-refractivity contribution is -0.105. The molecule has 0 saturated heterocycles. The molecule has 28 heavy (non-hydrogen) atoms. The van der Waals surface area contributed by atoms with Crippen LogP contribution in [0.25, 0.3) is 0 Å². The van der Waals surface area contributed by atoms with E-state index in [2.05, 4.69) is 20.6 Å². The maximum absolute atomic E-state index is 10.5. The standard InChI is InChI=1S/C20H21N7O/c1-27(2)16-9-3-13(4-10-16)18(21)17-19(22)23-11-24-20(17)26-15-7-5-14(6-8-15)25-12-28/h3-12,21H,1-2H3,(H,25,28)(H3,22,23,24,26). The fourth-order valence-electron chi connectivity index (χ4n) is 2.67. The van der Waals surface area contributed by atoms with Crippen LogP contribution >= 0.6 is 0 Å². The van der Waals surface area contributed by atoms with Gasteiger partial charge in [0.05, 0.1) is 11.3 Å². The number of nitrogens with zero attached hydrogens (tertiary/aromatic N) is 3. The number of benzene rings is 2. The van der Waals surface area contributed by atoms with Crippen LogP contribution in [-0.4, -0.2) is 36.2 Å². The van der Waals surface area contributed by atoms with Crippen LogP contribution in [0.4, 0.5) is 28.7 Å². The summed E-state index contributed by atoms with van der Waals surface area (Å²) in [7, 11) is 3.92. The molecule has 0 bridgehead atoms. The third-order valence-electron chi connectivity index (χ3n) is 4.17. The summed E-state index contributed by atoms with van der Waals surface area (Å²) in [5.41, 5.74) is 9.89. The molecule has 0 saturated carbocycles. The molecule has 0 spiro atoms. The van der Waals surface area contributed by atoms with Crippen molar-refractivity contribution in [2.24, 2.45) is 0 Å². The molecule has 0 fully saturated rings. The second kappa shape index (κ2) is 8.17. The van der Waals surface area contributed by atoms with Gasteiger partial charge in [-0.15, -0.1) is 0 Å². The van der Waals surface area contributed by atoms with Gasteiger partial charge in [0.15, 0.2) is 0 Å². The molecule has 3 rings (SSSR count). The fraction of sp³-hybridized carbons (Fsp3) is 0.100. The van der Waals surface area contributed by atoms with Gasteiger partial charge in [0.25, 0.3) is 0 Å². The topological polar surface area (TPSA) is 120 Å². The van der Waals surface area contributed by atoms with Crippen molar-refractivity contribution in [1.29, 1.82) is 5.41 Å². The molecule has 142 valence electrons. The summed E-state index contributed by atoms with van der Waals surface area (Å²) in [5.74, 6) is 0.656. The lowest BCUT2D eigenvalue weighted by Crippen LogP contribution is -2.13. The maximum atomic E-state index is 10.5. The highest BCUT2D eigenvalue weighted by atomic mass is 16.1. The number of carbonyl (C=O) groups excluding carboxylic acids is 1. The molecule has 3 aromatic rings. The second-order valence-electron chi connectivity index (χ2n) is 6.26. The van der Waals surface area contributed by atoms with Crippen molar-refractivity contribution in [3.05, 3.63) is 66.0 Å². The van der Waals surface area contributed by atoms with E-state index in [9.17, 15) is 4.79 Å². The molecule has 8 heteroatoms. The number of nitrogens with two attached hydrogens (primary N) is 1. The summed E-state index contributed by atoms with van der Waals surface area (Å²) in [6.45, 7) is 0. The van der Waals surface area contributed by atoms with Crippen LogP contribution in [0.2, 0.25) is 0 Å². The fourth-order valence-corrected chi connectivity index (χ4v) is 2.67. The number of nitrogen functional groups attached to an aromatic ring is 1. The van der Waals surface area contributed by atoms with E-state index in [-0.39, 0.29) is 11.5 Å². The van der Waals surface area contributed by atoms with Crippen LogP contribution in [-0.2, 0) is 4.79 Å². The zero-order valence-electron chi connectivity index (χ0n) is 15.6. The Morgan fingerprint density at radius 2 is 1.68 bits per heavy atom. The van der Waals surface area contributed by atoms with Crippen LogP contribution in [0, 0.1) is 5.41 Å². The van der Waals surface area contributed by atoms with Gasteiger partial charge < -0.3 is 21.3 Å². The Hall–Kier alpha value is -3.94. The number of amides is 1. The van der Waals surface area contributed by atoms with E-state index < -0.39 is 0 Å². The quantitative estimate of drug-likeness (QED) is 0.372. The predicted octanol–water partition coefficient (Wildman–Crippen LogP) is 2.85. The van der Waals surface area contributed by atoms with Gasteiger partial charge in [0.1, 0.15) is 18.0 Å². The first-order chi connectivity index (χ1) is 13.5. The molecule has 8 nitrogen and oxygen atoms in total. The second-order valence-corrected chi connectivity index (χ2v) is 6.26. The Kier molecular flexibility index (Phi) is 5.50. The van der Waals surface area contributed by atoms with Crippen molar-refractivity contribution in [1.82, 2.24) is 9.97 Å². The maximum Gasteiger partial charge on any atom is 0.211 e. The number of nitrogens with one attached hydrogen (secondary N) is 3. The van der Waals surface area contributed by atoms with Gasteiger partial charge in [-0.05, 0) is 36.4 Å². The Morgan fingerprint density at radius 1 is 1.04 bits per heavy atom. The monoisotopic (exact) mass is 375 g/mol. The minimum absolute atomic E-state index is 0.221. The predicted molar refractivity (Wildman–Crippen MR) is 113 cm³/mol. The molecule has 5 N–H and O–H groups in total. The Bertz CT molecular complexity index is 982. The number of rotatable bonds is 7. The molecule has 0 aliphatic carbocycles. The van der Waals surface area contributed by atoms with Gasteiger partial charge >= 0.3 is 0 Å². The molecular weight excluding hydrogens is 354 g/mol. The summed E-state index contributed by atoms with van der Waals surface area (Å²) in [5, 5.41) is 14.4. The van der Waals surface area contributed by atoms with E-state index in [0.29, 0.717) is 29.0 Å². The Morgan fingerprint density at radius 3 is 2.29 bits per heavy atom. The Labute approximate surface area is 162 Å².